The first-order chi connectivity index (χ1) is 14.5. The lowest BCUT2D eigenvalue weighted by Crippen LogP contribution is -2.18. The summed E-state index contributed by atoms with van der Waals surface area (Å²) >= 11 is 0. The Morgan fingerprint density at radius 2 is 2.20 bits per heavy atom. The van der Waals surface area contributed by atoms with Crippen LogP contribution in [-0.2, 0) is 6.42 Å². The molecule has 1 atom stereocenters. The summed E-state index contributed by atoms with van der Waals surface area (Å²) in [6, 6.07) is 8.23. The molecule has 2 bridgehead atoms. The van der Waals surface area contributed by atoms with Gasteiger partial charge in [-0.25, -0.2) is 14.1 Å². The normalized spacial score (nSPS) is 18.3. The Balaban J connectivity index is 2.00. The predicted molar refractivity (Wildman–Crippen MR) is 114 cm³/mol. The number of rotatable bonds is 3. The van der Waals surface area contributed by atoms with Crippen LogP contribution < -0.4 is 15.8 Å². The van der Waals surface area contributed by atoms with Gasteiger partial charge in [-0.1, -0.05) is 0 Å². The zero-order chi connectivity index (χ0) is 21.3. The maximum atomic E-state index is 14.1. The Morgan fingerprint density at radius 1 is 1.37 bits per heavy atom. The third kappa shape index (κ3) is 3.52. The Labute approximate surface area is 173 Å². The number of nitrogens with one attached hydrogen (secondary N) is 2. The first kappa shape index (κ1) is 19.6. The quantitative estimate of drug-likeness (QED) is 0.576. The zero-order valence-electron chi connectivity index (χ0n) is 16.8. The Hall–Kier alpha value is -3.68. The molecule has 1 aliphatic heterocycles. The standard InChI is InChI=1S/C22H23FN6O/c1-3-26-21-14(11-24)8-17-6-7-28-29(17)19-5-4-16(23)10-18(19)13(2)30-20-9-15(21)12-27-22(20)25/h4-7,9-13,24,26H,3,8H2,1-2H3,(H2,25,27)/b21-14-,24-11?/t13-/m1/s1. The number of aromatic nitrogens is 3. The number of fused-ring (bicyclic) bond motifs is 5. The van der Waals surface area contributed by atoms with Crippen molar-refractivity contribution in [3.05, 3.63) is 70.9 Å². The number of nitrogens with two attached hydrogens (primary N) is 1. The lowest BCUT2D eigenvalue weighted by atomic mass is 10.0. The highest BCUT2D eigenvalue weighted by atomic mass is 19.1. The number of nitrogen functional groups attached to an aromatic ring is 1. The molecule has 4 N–H and O–H groups in total. The molecule has 7 nitrogen and oxygen atoms in total. The number of halogens is 1. The molecule has 8 heteroatoms. The predicted octanol–water partition coefficient (Wildman–Crippen LogP) is 3.65. The highest BCUT2D eigenvalue weighted by molar-refractivity contribution is 5.89. The Kier molecular flexibility index (Phi) is 5.22. The molecule has 30 heavy (non-hydrogen) atoms. The van der Waals surface area contributed by atoms with Gasteiger partial charge in [-0.3, -0.25) is 0 Å². The van der Waals surface area contributed by atoms with Crippen LogP contribution in [0.3, 0.4) is 0 Å². The molecule has 154 valence electrons. The van der Waals surface area contributed by atoms with Gasteiger partial charge < -0.3 is 21.2 Å². The number of pyridine rings is 1. The summed E-state index contributed by atoms with van der Waals surface area (Å²) in [4.78, 5) is 4.28. The van der Waals surface area contributed by atoms with Crippen LogP contribution in [0.15, 0.2) is 48.3 Å². The van der Waals surface area contributed by atoms with E-state index in [0.29, 0.717) is 30.0 Å². The summed E-state index contributed by atoms with van der Waals surface area (Å²) in [5, 5.41) is 15.8. The molecule has 0 fully saturated rings. The monoisotopic (exact) mass is 406 g/mol. The van der Waals surface area contributed by atoms with E-state index in [-0.39, 0.29) is 11.6 Å². The summed E-state index contributed by atoms with van der Waals surface area (Å²) in [7, 11) is 0. The fourth-order valence-electron chi connectivity index (χ4n) is 3.65. The second kappa shape index (κ2) is 7.98. The van der Waals surface area contributed by atoms with Gasteiger partial charge in [-0.05, 0) is 49.8 Å². The zero-order valence-corrected chi connectivity index (χ0v) is 16.8. The first-order valence-corrected chi connectivity index (χ1v) is 9.74. The van der Waals surface area contributed by atoms with Crippen molar-refractivity contribution in [1.29, 1.82) is 5.41 Å². The molecule has 0 amide bonds. The summed E-state index contributed by atoms with van der Waals surface area (Å²) in [6.07, 6.45) is 4.64. The van der Waals surface area contributed by atoms with E-state index in [4.69, 9.17) is 15.9 Å². The highest BCUT2D eigenvalue weighted by Gasteiger charge is 2.21. The number of nitrogens with zero attached hydrogens (tertiary/aromatic N) is 3. The van der Waals surface area contributed by atoms with Crippen molar-refractivity contribution < 1.29 is 9.13 Å². The summed E-state index contributed by atoms with van der Waals surface area (Å²) in [6.45, 7) is 4.50. The van der Waals surface area contributed by atoms with E-state index in [9.17, 15) is 4.39 Å². The number of allylic oxidation sites excluding steroid dienone is 1. The summed E-state index contributed by atoms with van der Waals surface area (Å²) in [5.74, 6) is 0.281. The molecule has 0 unspecified atom stereocenters. The summed E-state index contributed by atoms with van der Waals surface area (Å²) < 4.78 is 22.0. The molecule has 1 aromatic carbocycles. The Morgan fingerprint density at radius 3 is 2.97 bits per heavy atom. The molecular weight excluding hydrogens is 383 g/mol. The van der Waals surface area contributed by atoms with Gasteiger partial charge in [-0.15, -0.1) is 0 Å². The molecule has 0 aliphatic carbocycles. The van der Waals surface area contributed by atoms with E-state index in [0.717, 1.165) is 22.5 Å². The minimum Gasteiger partial charge on any atom is -0.482 e. The van der Waals surface area contributed by atoms with Gasteiger partial charge in [0.25, 0.3) is 0 Å². The van der Waals surface area contributed by atoms with Crippen molar-refractivity contribution in [3.8, 4) is 11.4 Å². The molecule has 2 aromatic heterocycles. The minimum atomic E-state index is -0.500. The fraction of sp³-hybridized carbons (Fsp3) is 0.227. The van der Waals surface area contributed by atoms with Gasteiger partial charge in [0.2, 0.25) is 0 Å². The van der Waals surface area contributed by atoms with Crippen molar-refractivity contribution in [3.63, 3.8) is 0 Å². The average molecular weight is 406 g/mol. The van der Waals surface area contributed by atoms with Crippen molar-refractivity contribution >= 4 is 17.7 Å². The Bertz CT molecular complexity index is 1140. The molecule has 0 saturated carbocycles. The van der Waals surface area contributed by atoms with Crippen LogP contribution in [0.2, 0.25) is 0 Å². The maximum Gasteiger partial charge on any atom is 0.166 e. The van der Waals surface area contributed by atoms with Crippen LogP contribution in [0.25, 0.3) is 11.4 Å². The SMILES string of the molecule is CCN/C1=C(\C=N)Cc2ccnn2-c2ccc(F)cc2[C@@H](C)Oc2cc1cnc2N. The first-order valence-electron chi connectivity index (χ1n) is 9.74. The van der Waals surface area contributed by atoms with Crippen LogP contribution in [0, 0.1) is 11.2 Å². The molecule has 4 rings (SSSR count). The molecule has 0 spiro atoms. The number of hydrogen-bond donors (Lipinski definition) is 3. The van der Waals surface area contributed by atoms with Gasteiger partial charge in [0.15, 0.2) is 11.6 Å². The molecule has 0 saturated heterocycles. The number of benzene rings is 1. The van der Waals surface area contributed by atoms with Crippen molar-refractivity contribution in [1.82, 2.24) is 20.1 Å². The van der Waals surface area contributed by atoms with E-state index in [1.165, 1.54) is 18.3 Å². The molecule has 3 aromatic rings. The highest BCUT2D eigenvalue weighted by Crippen LogP contribution is 2.33. The number of hydrogen-bond acceptors (Lipinski definition) is 6. The van der Waals surface area contributed by atoms with E-state index in [2.05, 4.69) is 15.4 Å². The average Bonchev–Trinajstić information content (AvgIpc) is 3.19. The second-order valence-corrected chi connectivity index (χ2v) is 7.06. The molecular formula is C22H23FN6O. The molecule has 0 radical (unpaired) electrons. The van der Waals surface area contributed by atoms with Crippen LogP contribution >= 0.6 is 0 Å². The topological polar surface area (TPSA) is 102 Å². The third-order valence-corrected chi connectivity index (χ3v) is 5.07. The van der Waals surface area contributed by atoms with Gasteiger partial charge in [0.1, 0.15) is 11.9 Å². The maximum absolute atomic E-state index is 14.1. The minimum absolute atomic E-state index is 0.243. The molecule has 3 heterocycles. The second-order valence-electron chi connectivity index (χ2n) is 7.06. The van der Waals surface area contributed by atoms with Crippen LogP contribution in [0.5, 0.6) is 5.75 Å². The fourth-order valence-corrected chi connectivity index (χ4v) is 3.65. The van der Waals surface area contributed by atoms with Crippen LogP contribution in [0.4, 0.5) is 10.2 Å². The summed E-state index contributed by atoms with van der Waals surface area (Å²) in [5.41, 5.74) is 10.6. The molecule has 1 aliphatic rings. The largest absolute Gasteiger partial charge is 0.482 e. The number of anilines is 1. The van der Waals surface area contributed by atoms with E-state index < -0.39 is 6.10 Å². The smallest absolute Gasteiger partial charge is 0.166 e. The number of ether oxygens (including phenoxy) is 1. The van der Waals surface area contributed by atoms with Gasteiger partial charge in [0, 0.05) is 54.1 Å². The lowest BCUT2D eigenvalue weighted by Gasteiger charge is -2.23. The lowest BCUT2D eigenvalue weighted by molar-refractivity contribution is 0.226. The van der Waals surface area contributed by atoms with Crippen LogP contribution in [-0.4, -0.2) is 27.5 Å². The van der Waals surface area contributed by atoms with Crippen LogP contribution in [0.1, 0.15) is 36.8 Å². The van der Waals surface area contributed by atoms with Gasteiger partial charge in [0.05, 0.1) is 5.69 Å². The third-order valence-electron chi connectivity index (χ3n) is 5.07. The van der Waals surface area contributed by atoms with Crippen molar-refractivity contribution in [2.24, 2.45) is 0 Å². The van der Waals surface area contributed by atoms with Crippen molar-refractivity contribution in [2.45, 2.75) is 26.4 Å². The van der Waals surface area contributed by atoms with E-state index in [1.807, 2.05) is 19.9 Å². The van der Waals surface area contributed by atoms with Crippen molar-refractivity contribution in [2.75, 3.05) is 12.3 Å². The van der Waals surface area contributed by atoms with E-state index in [1.54, 1.807) is 29.2 Å². The van der Waals surface area contributed by atoms with E-state index >= 15 is 0 Å². The van der Waals surface area contributed by atoms with Gasteiger partial charge in [-0.2, -0.15) is 5.10 Å². The van der Waals surface area contributed by atoms with Gasteiger partial charge >= 0.3 is 0 Å².